The third-order valence-electron chi connectivity index (χ3n) is 3.40. The molecule has 3 rings (SSSR count). The first-order valence-electron chi connectivity index (χ1n) is 7.04. The van der Waals surface area contributed by atoms with Crippen LogP contribution in [0.1, 0.15) is 28.2 Å². The van der Waals surface area contributed by atoms with Gasteiger partial charge in [0.2, 0.25) is 0 Å². The highest BCUT2D eigenvalue weighted by Crippen LogP contribution is 2.29. The number of nitrogen functional groups attached to an aromatic ring is 1. The molecule has 0 saturated heterocycles. The molecule has 3 heterocycles. The minimum Gasteiger partial charge on any atom is -0.396 e. The van der Waals surface area contributed by atoms with Crippen molar-refractivity contribution in [2.45, 2.75) is 13.0 Å². The van der Waals surface area contributed by atoms with E-state index >= 15 is 0 Å². The van der Waals surface area contributed by atoms with Gasteiger partial charge in [0.05, 0.1) is 17.4 Å². The van der Waals surface area contributed by atoms with Gasteiger partial charge < -0.3 is 11.1 Å². The Balaban J connectivity index is 1.80. The van der Waals surface area contributed by atoms with Crippen LogP contribution < -0.4 is 11.1 Å². The van der Waals surface area contributed by atoms with Crippen LogP contribution in [0.2, 0.25) is 0 Å². The second-order valence-electron chi connectivity index (χ2n) is 4.96. The van der Waals surface area contributed by atoms with Crippen LogP contribution in [0.15, 0.2) is 48.9 Å². The zero-order valence-electron chi connectivity index (χ0n) is 12.4. The van der Waals surface area contributed by atoms with Crippen LogP contribution in [-0.4, -0.2) is 20.2 Å². The summed E-state index contributed by atoms with van der Waals surface area (Å²) in [4.78, 5) is 21.0. The van der Waals surface area contributed by atoms with Gasteiger partial charge in [-0.3, -0.25) is 14.8 Å². The standard InChI is InChI=1S/C16H15N5OS/c1-10(11-5-8-18-9-6-11)20-16(22)15-13(17)14(21-23-15)12-4-2-3-7-19-12/h2-10H,17H2,1H3,(H,20,22). The SMILES string of the molecule is CC(NC(=O)c1snc(-c2ccccn2)c1N)c1ccncc1. The lowest BCUT2D eigenvalue weighted by atomic mass is 10.1. The number of carbonyl (C=O) groups is 1. The lowest BCUT2D eigenvalue weighted by Crippen LogP contribution is -2.26. The molecule has 0 aromatic carbocycles. The molecule has 1 atom stereocenters. The molecule has 3 aromatic heterocycles. The van der Waals surface area contributed by atoms with E-state index < -0.39 is 0 Å². The fourth-order valence-corrected chi connectivity index (χ4v) is 2.86. The molecule has 3 aromatic rings. The maximum atomic E-state index is 12.4. The van der Waals surface area contributed by atoms with Crippen LogP contribution in [-0.2, 0) is 0 Å². The van der Waals surface area contributed by atoms with Crippen molar-refractivity contribution in [3.05, 3.63) is 59.4 Å². The Kier molecular flexibility index (Phi) is 4.29. The van der Waals surface area contributed by atoms with Gasteiger partial charge in [0, 0.05) is 18.6 Å². The molecule has 0 aliphatic rings. The molecule has 0 aliphatic carbocycles. The highest BCUT2D eigenvalue weighted by molar-refractivity contribution is 7.09. The Morgan fingerprint density at radius 2 is 2.00 bits per heavy atom. The van der Waals surface area contributed by atoms with Crippen LogP contribution in [0.4, 0.5) is 5.69 Å². The fraction of sp³-hybridized carbons (Fsp3) is 0.125. The van der Waals surface area contributed by atoms with E-state index in [9.17, 15) is 4.79 Å². The number of aromatic nitrogens is 3. The summed E-state index contributed by atoms with van der Waals surface area (Å²) < 4.78 is 4.27. The Hall–Kier alpha value is -2.80. The van der Waals surface area contributed by atoms with Gasteiger partial charge in [-0.2, -0.15) is 4.37 Å². The number of hydrogen-bond donors (Lipinski definition) is 2. The van der Waals surface area contributed by atoms with E-state index in [2.05, 4.69) is 19.7 Å². The largest absolute Gasteiger partial charge is 0.396 e. The van der Waals surface area contributed by atoms with Crippen molar-refractivity contribution in [3.63, 3.8) is 0 Å². The monoisotopic (exact) mass is 325 g/mol. The third-order valence-corrected chi connectivity index (χ3v) is 4.26. The van der Waals surface area contributed by atoms with Crippen molar-refractivity contribution in [2.75, 3.05) is 5.73 Å². The van der Waals surface area contributed by atoms with Crippen LogP contribution >= 0.6 is 11.5 Å². The molecule has 116 valence electrons. The first-order chi connectivity index (χ1) is 11.2. The van der Waals surface area contributed by atoms with Gasteiger partial charge in [0.25, 0.3) is 5.91 Å². The summed E-state index contributed by atoms with van der Waals surface area (Å²) in [5.41, 5.74) is 8.61. The van der Waals surface area contributed by atoms with Gasteiger partial charge in [-0.25, -0.2) is 0 Å². The second kappa shape index (κ2) is 6.53. The lowest BCUT2D eigenvalue weighted by molar-refractivity contribution is 0.0945. The summed E-state index contributed by atoms with van der Waals surface area (Å²) in [7, 11) is 0. The molecule has 0 saturated carbocycles. The molecular formula is C16H15N5OS. The molecule has 6 nitrogen and oxygen atoms in total. The highest BCUT2D eigenvalue weighted by Gasteiger charge is 2.20. The fourth-order valence-electron chi connectivity index (χ4n) is 2.15. The molecule has 23 heavy (non-hydrogen) atoms. The Morgan fingerprint density at radius 1 is 1.22 bits per heavy atom. The summed E-state index contributed by atoms with van der Waals surface area (Å²) in [6.07, 6.45) is 5.05. The van der Waals surface area contributed by atoms with E-state index in [4.69, 9.17) is 5.73 Å². The van der Waals surface area contributed by atoms with Crippen molar-refractivity contribution < 1.29 is 4.79 Å². The number of carbonyl (C=O) groups excluding carboxylic acids is 1. The van der Waals surface area contributed by atoms with Crippen molar-refractivity contribution in [1.29, 1.82) is 0 Å². The van der Waals surface area contributed by atoms with Crippen LogP contribution in [0.5, 0.6) is 0 Å². The molecule has 1 unspecified atom stereocenters. The normalized spacial score (nSPS) is 11.9. The van der Waals surface area contributed by atoms with E-state index in [1.54, 1.807) is 18.6 Å². The topological polar surface area (TPSA) is 93.8 Å². The number of rotatable bonds is 4. The molecular weight excluding hydrogens is 310 g/mol. The molecule has 0 bridgehead atoms. The number of hydrogen-bond acceptors (Lipinski definition) is 6. The number of pyridine rings is 2. The maximum absolute atomic E-state index is 12.4. The summed E-state index contributed by atoms with van der Waals surface area (Å²) in [5.74, 6) is -0.244. The predicted octanol–water partition coefficient (Wildman–Crippen LogP) is 2.67. The number of nitrogens with two attached hydrogens (primary N) is 1. The molecule has 3 N–H and O–H groups in total. The quantitative estimate of drug-likeness (QED) is 0.769. The van der Waals surface area contributed by atoms with Crippen molar-refractivity contribution in [1.82, 2.24) is 19.7 Å². The van der Waals surface area contributed by atoms with Gasteiger partial charge >= 0.3 is 0 Å². The van der Waals surface area contributed by atoms with Crippen molar-refractivity contribution in [2.24, 2.45) is 0 Å². The van der Waals surface area contributed by atoms with E-state index in [1.807, 2.05) is 37.3 Å². The Bertz CT molecular complexity index is 804. The highest BCUT2D eigenvalue weighted by atomic mass is 32.1. The first-order valence-corrected chi connectivity index (χ1v) is 7.81. The Morgan fingerprint density at radius 3 is 2.70 bits per heavy atom. The molecule has 1 amide bonds. The number of nitrogens with zero attached hydrogens (tertiary/aromatic N) is 3. The first kappa shape index (κ1) is 15.1. The number of amides is 1. The molecule has 0 radical (unpaired) electrons. The molecule has 7 heteroatoms. The van der Waals surface area contributed by atoms with Crippen LogP contribution in [0.25, 0.3) is 11.4 Å². The Labute approximate surface area is 137 Å². The smallest absolute Gasteiger partial charge is 0.265 e. The molecule has 0 fully saturated rings. The summed E-state index contributed by atoms with van der Waals surface area (Å²) in [6.45, 7) is 1.91. The van der Waals surface area contributed by atoms with Crippen molar-refractivity contribution in [3.8, 4) is 11.4 Å². The average molecular weight is 325 g/mol. The molecule has 0 spiro atoms. The van der Waals surface area contributed by atoms with E-state index in [1.165, 1.54) is 0 Å². The van der Waals surface area contributed by atoms with Gasteiger partial charge in [-0.15, -0.1) is 0 Å². The summed E-state index contributed by atoms with van der Waals surface area (Å²) in [6, 6.07) is 9.06. The van der Waals surface area contributed by atoms with Crippen LogP contribution in [0.3, 0.4) is 0 Å². The predicted molar refractivity (Wildman–Crippen MR) is 89.9 cm³/mol. The number of anilines is 1. The summed E-state index contributed by atoms with van der Waals surface area (Å²) in [5, 5.41) is 2.92. The van der Waals surface area contributed by atoms with Gasteiger partial charge in [0.15, 0.2) is 0 Å². The second-order valence-corrected chi connectivity index (χ2v) is 5.74. The average Bonchev–Trinajstić information content (AvgIpc) is 2.98. The minimum atomic E-state index is -0.244. The van der Waals surface area contributed by atoms with Gasteiger partial charge in [0.1, 0.15) is 10.6 Å². The zero-order valence-corrected chi connectivity index (χ0v) is 13.2. The minimum absolute atomic E-state index is 0.148. The maximum Gasteiger partial charge on any atom is 0.265 e. The summed E-state index contributed by atoms with van der Waals surface area (Å²) >= 11 is 1.08. The van der Waals surface area contributed by atoms with Gasteiger partial charge in [-0.1, -0.05) is 6.07 Å². The van der Waals surface area contributed by atoms with E-state index in [0.29, 0.717) is 22.0 Å². The van der Waals surface area contributed by atoms with Crippen molar-refractivity contribution >= 4 is 23.1 Å². The molecule has 0 aliphatic heterocycles. The van der Waals surface area contributed by atoms with Crippen LogP contribution in [0, 0.1) is 0 Å². The lowest BCUT2D eigenvalue weighted by Gasteiger charge is -2.13. The van der Waals surface area contributed by atoms with E-state index in [0.717, 1.165) is 17.1 Å². The zero-order chi connectivity index (χ0) is 16.2. The third kappa shape index (κ3) is 3.19. The van der Waals surface area contributed by atoms with Gasteiger partial charge in [-0.05, 0) is 48.3 Å². The van der Waals surface area contributed by atoms with E-state index in [-0.39, 0.29) is 11.9 Å². The number of nitrogens with one attached hydrogen (secondary N) is 1.